The quantitative estimate of drug-likeness (QED) is 0.790. The number of piperazine rings is 1. The number of halogens is 1. The summed E-state index contributed by atoms with van der Waals surface area (Å²) in [6.07, 6.45) is 1.67. The summed E-state index contributed by atoms with van der Waals surface area (Å²) < 4.78 is 5.15. The van der Waals surface area contributed by atoms with Gasteiger partial charge in [0.2, 0.25) is 11.8 Å². The Hall–Kier alpha value is -2.80. The minimum atomic E-state index is -0.365. The molecule has 2 saturated heterocycles. The molecule has 1 atom stereocenters. The molecule has 146 valence electrons. The van der Waals surface area contributed by atoms with Gasteiger partial charge in [-0.25, -0.2) is 0 Å². The van der Waals surface area contributed by atoms with Crippen LogP contribution in [0.3, 0.4) is 0 Å². The Kier molecular flexibility index (Phi) is 5.09. The van der Waals surface area contributed by atoms with Crippen LogP contribution in [0.1, 0.15) is 17.0 Å². The Bertz CT molecular complexity index is 873. The molecule has 4 rings (SSSR count). The van der Waals surface area contributed by atoms with Gasteiger partial charge in [0.1, 0.15) is 0 Å². The van der Waals surface area contributed by atoms with E-state index in [-0.39, 0.29) is 30.1 Å². The van der Waals surface area contributed by atoms with Crippen molar-refractivity contribution in [3.63, 3.8) is 0 Å². The second-order valence-corrected chi connectivity index (χ2v) is 7.41. The minimum absolute atomic E-state index is 0.0325. The van der Waals surface area contributed by atoms with Crippen LogP contribution in [-0.2, 0) is 9.59 Å². The van der Waals surface area contributed by atoms with Gasteiger partial charge in [0.25, 0.3) is 5.91 Å². The molecule has 1 aromatic carbocycles. The fraction of sp³-hybridized carbons (Fsp3) is 0.350. The van der Waals surface area contributed by atoms with E-state index in [0.717, 1.165) is 5.69 Å². The van der Waals surface area contributed by atoms with E-state index in [0.29, 0.717) is 43.5 Å². The van der Waals surface area contributed by atoms with Crippen molar-refractivity contribution in [1.29, 1.82) is 0 Å². The van der Waals surface area contributed by atoms with E-state index in [9.17, 15) is 14.4 Å². The zero-order valence-electron chi connectivity index (χ0n) is 15.2. The molecule has 8 heteroatoms. The number of benzene rings is 1. The number of amides is 3. The van der Waals surface area contributed by atoms with E-state index < -0.39 is 0 Å². The van der Waals surface area contributed by atoms with E-state index in [1.165, 1.54) is 6.26 Å². The summed E-state index contributed by atoms with van der Waals surface area (Å²) in [5.74, 6) is -0.320. The number of hydrogen-bond acceptors (Lipinski definition) is 4. The monoisotopic (exact) mass is 401 g/mol. The third-order valence-electron chi connectivity index (χ3n) is 5.22. The largest absolute Gasteiger partial charge is 0.459 e. The zero-order chi connectivity index (χ0) is 19.7. The molecule has 0 aliphatic carbocycles. The number of carbonyl (C=O) groups is 3. The highest BCUT2D eigenvalue weighted by Crippen LogP contribution is 2.27. The fourth-order valence-corrected chi connectivity index (χ4v) is 3.81. The van der Waals surface area contributed by atoms with E-state index >= 15 is 0 Å². The second-order valence-electron chi connectivity index (χ2n) is 6.98. The number of anilines is 1. The van der Waals surface area contributed by atoms with E-state index in [1.54, 1.807) is 51.1 Å². The van der Waals surface area contributed by atoms with Gasteiger partial charge in [-0.1, -0.05) is 11.6 Å². The first-order valence-electron chi connectivity index (χ1n) is 9.20. The molecule has 2 aromatic rings. The van der Waals surface area contributed by atoms with Crippen LogP contribution in [0.25, 0.3) is 0 Å². The average molecular weight is 402 g/mol. The van der Waals surface area contributed by atoms with Crippen molar-refractivity contribution < 1.29 is 18.8 Å². The maximum absolute atomic E-state index is 12.9. The molecular formula is C20H20ClN3O4. The van der Waals surface area contributed by atoms with Crippen molar-refractivity contribution in [1.82, 2.24) is 9.80 Å². The van der Waals surface area contributed by atoms with E-state index in [1.807, 2.05) is 0 Å². The van der Waals surface area contributed by atoms with Gasteiger partial charge in [-0.3, -0.25) is 14.4 Å². The molecule has 2 aliphatic rings. The highest BCUT2D eigenvalue weighted by atomic mass is 35.5. The normalized spacial score (nSPS) is 20.0. The lowest BCUT2D eigenvalue weighted by Gasteiger charge is -2.35. The molecule has 1 aromatic heterocycles. The van der Waals surface area contributed by atoms with Gasteiger partial charge >= 0.3 is 0 Å². The average Bonchev–Trinajstić information content (AvgIpc) is 3.38. The zero-order valence-corrected chi connectivity index (χ0v) is 16.0. The van der Waals surface area contributed by atoms with Crippen molar-refractivity contribution >= 4 is 35.0 Å². The van der Waals surface area contributed by atoms with Crippen LogP contribution in [0.15, 0.2) is 47.1 Å². The second kappa shape index (κ2) is 7.67. The lowest BCUT2D eigenvalue weighted by atomic mass is 10.1. The topological polar surface area (TPSA) is 74.1 Å². The molecule has 0 N–H and O–H groups in total. The molecule has 7 nitrogen and oxygen atoms in total. The van der Waals surface area contributed by atoms with Crippen LogP contribution in [0, 0.1) is 5.92 Å². The summed E-state index contributed by atoms with van der Waals surface area (Å²) in [6, 6.07) is 10.3. The van der Waals surface area contributed by atoms with Gasteiger partial charge in [0.05, 0.1) is 12.2 Å². The Balaban J connectivity index is 1.35. The number of nitrogens with zero attached hydrogens (tertiary/aromatic N) is 3. The van der Waals surface area contributed by atoms with E-state index in [4.69, 9.17) is 16.0 Å². The van der Waals surface area contributed by atoms with Crippen molar-refractivity contribution in [2.75, 3.05) is 37.6 Å². The van der Waals surface area contributed by atoms with Crippen LogP contribution in [0.2, 0.25) is 5.02 Å². The Morgan fingerprint density at radius 3 is 2.32 bits per heavy atom. The molecular weight excluding hydrogens is 382 g/mol. The van der Waals surface area contributed by atoms with Gasteiger partial charge in [-0.15, -0.1) is 0 Å². The highest BCUT2D eigenvalue weighted by Gasteiger charge is 2.38. The molecule has 0 saturated carbocycles. The summed E-state index contributed by atoms with van der Waals surface area (Å²) >= 11 is 5.90. The van der Waals surface area contributed by atoms with Gasteiger partial charge in [0, 0.05) is 49.9 Å². The third kappa shape index (κ3) is 3.62. The van der Waals surface area contributed by atoms with Gasteiger partial charge in [-0.2, -0.15) is 0 Å². The molecule has 0 radical (unpaired) electrons. The first kappa shape index (κ1) is 18.6. The van der Waals surface area contributed by atoms with Crippen LogP contribution < -0.4 is 4.90 Å². The standard InChI is InChI=1S/C20H20ClN3O4/c21-15-3-5-16(6-4-15)24-13-14(12-18(24)25)19(26)22-7-9-23(10-8-22)20(27)17-2-1-11-28-17/h1-6,11,14H,7-10,12-13H2/t14-/m0/s1. The molecule has 0 bridgehead atoms. The Morgan fingerprint density at radius 1 is 1.00 bits per heavy atom. The van der Waals surface area contributed by atoms with Gasteiger partial charge in [0.15, 0.2) is 5.76 Å². The molecule has 2 aliphatic heterocycles. The molecule has 0 unspecified atom stereocenters. The Morgan fingerprint density at radius 2 is 1.68 bits per heavy atom. The molecule has 0 spiro atoms. The number of hydrogen-bond donors (Lipinski definition) is 0. The summed E-state index contributed by atoms with van der Waals surface area (Å²) in [5, 5.41) is 0.602. The Labute approximate surface area is 167 Å². The maximum atomic E-state index is 12.9. The summed E-state index contributed by atoms with van der Waals surface area (Å²) in [5.41, 5.74) is 0.749. The first-order chi connectivity index (χ1) is 13.5. The molecule has 3 amide bonds. The van der Waals surface area contributed by atoms with Crippen LogP contribution in [0.4, 0.5) is 5.69 Å². The van der Waals surface area contributed by atoms with Gasteiger partial charge in [-0.05, 0) is 36.4 Å². The van der Waals surface area contributed by atoms with Crippen LogP contribution >= 0.6 is 11.6 Å². The highest BCUT2D eigenvalue weighted by molar-refractivity contribution is 6.30. The first-order valence-corrected chi connectivity index (χ1v) is 9.58. The summed E-state index contributed by atoms with van der Waals surface area (Å²) in [4.78, 5) is 42.7. The predicted molar refractivity (Wildman–Crippen MR) is 103 cm³/mol. The lowest BCUT2D eigenvalue weighted by Crippen LogP contribution is -2.52. The summed E-state index contributed by atoms with van der Waals surface area (Å²) in [7, 11) is 0. The van der Waals surface area contributed by atoms with Crippen molar-refractivity contribution in [2.45, 2.75) is 6.42 Å². The maximum Gasteiger partial charge on any atom is 0.289 e. The number of carbonyl (C=O) groups excluding carboxylic acids is 3. The minimum Gasteiger partial charge on any atom is -0.459 e. The lowest BCUT2D eigenvalue weighted by molar-refractivity contribution is -0.137. The molecule has 28 heavy (non-hydrogen) atoms. The van der Waals surface area contributed by atoms with Crippen molar-refractivity contribution in [2.24, 2.45) is 5.92 Å². The third-order valence-corrected chi connectivity index (χ3v) is 5.48. The molecule has 2 fully saturated rings. The smallest absolute Gasteiger partial charge is 0.289 e. The van der Waals surface area contributed by atoms with Gasteiger partial charge < -0.3 is 19.1 Å². The van der Waals surface area contributed by atoms with E-state index in [2.05, 4.69) is 0 Å². The van der Waals surface area contributed by atoms with Crippen LogP contribution in [0.5, 0.6) is 0 Å². The molecule has 3 heterocycles. The number of rotatable bonds is 3. The number of furan rings is 1. The fourth-order valence-electron chi connectivity index (χ4n) is 3.69. The van der Waals surface area contributed by atoms with Crippen molar-refractivity contribution in [3.8, 4) is 0 Å². The van der Waals surface area contributed by atoms with Crippen molar-refractivity contribution in [3.05, 3.63) is 53.4 Å². The van der Waals surface area contributed by atoms with Crippen LogP contribution in [-0.4, -0.2) is 60.2 Å². The SMILES string of the molecule is O=C(c1ccco1)N1CCN(C(=O)[C@H]2CC(=O)N(c3ccc(Cl)cc3)C2)CC1. The predicted octanol–water partition coefficient (Wildman–Crippen LogP) is 2.27. The summed E-state index contributed by atoms with van der Waals surface area (Å²) in [6.45, 7) is 2.18.